The lowest BCUT2D eigenvalue weighted by Gasteiger charge is -2.45. The van der Waals surface area contributed by atoms with Gasteiger partial charge >= 0.3 is 5.97 Å². The van der Waals surface area contributed by atoms with Gasteiger partial charge in [-0.1, -0.05) is 12.2 Å². The Balaban J connectivity index is 1.56. The van der Waals surface area contributed by atoms with Gasteiger partial charge in [0, 0.05) is 5.92 Å². The molecular weight excluding hydrogens is 532 g/mol. The normalized spacial score (nSPS) is 47.7. The Morgan fingerprint density at radius 3 is 2.00 bits per heavy atom. The highest BCUT2D eigenvalue weighted by atomic mass is 16.8. The van der Waals surface area contributed by atoms with Crippen molar-refractivity contribution in [1.29, 1.82) is 0 Å². The average Bonchev–Trinajstić information content (AvgIpc) is 3.29. The van der Waals surface area contributed by atoms with E-state index in [1.165, 1.54) is 12.2 Å². The summed E-state index contributed by atoms with van der Waals surface area (Å²) >= 11 is 0. The van der Waals surface area contributed by atoms with E-state index in [9.17, 15) is 50.8 Å². The van der Waals surface area contributed by atoms with Crippen LogP contribution >= 0.6 is 0 Å². The van der Waals surface area contributed by atoms with Gasteiger partial charge in [-0.05, 0) is 0 Å². The maximum atomic E-state index is 12.4. The first-order chi connectivity index (χ1) is 18.5. The maximum absolute atomic E-state index is 12.4. The van der Waals surface area contributed by atoms with Crippen molar-refractivity contribution >= 4 is 5.97 Å². The molecule has 3 aliphatic heterocycles. The molecule has 0 saturated carbocycles. The first-order valence-electron chi connectivity index (χ1n) is 12.2. The predicted octanol–water partition coefficient (Wildman–Crippen LogP) is -5.43. The van der Waals surface area contributed by atoms with Crippen LogP contribution in [0.15, 0.2) is 24.0 Å². The van der Waals surface area contributed by atoms with Crippen LogP contribution in [0.2, 0.25) is 0 Å². The van der Waals surface area contributed by atoms with E-state index in [0.29, 0.717) is 0 Å². The summed E-state index contributed by atoms with van der Waals surface area (Å²) in [6.07, 6.45) is -13.8. The van der Waals surface area contributed by atoms with E-state index in [-0.39, 0.29) is 5.57 Å². The van der Waals surface area contributed by atoms with Crippen molar-refractivity contribution in [3.63, 3.8) is 0 Å². The molecule has 2 fully saturated rings. The molecule has 0 aromatic rings. The second-order valence-electron chi connectivity index (χ2n) is 9.81. The van der Waals surface area contributed by atoms with Crippen LogP contribution in [-0.2, 0) is 33.2 Å². The summed E-state index contributed by atoms with van der Waals surface area (Å²) in [6.45, 7) is -2.05. The molecule has 0 bridgehead atoms. The van der Waals surface area contributed by atoms with Gasteiger partial charge in [0.1, 0.15) is 54.4 Å². The van der Waals surface area contributed by atoms with Gasteiger partial charge < -0.3 is 74.4 Å². The smallest absolute Gasteiger partial charge is 0.337 e. The van der Waals surface area contributed by atoms with Gasteiger partial charge in [-0.25, -0.2) is 4.79 Å². The van der Waals surface area contributed by atoms with Gasteiger partial charge in [0.15, 0.2) is 12.6 Å². The van der Waals surface area contributed by atoms with Crippen LogP contribution in [0.1, 0.15) is 0 Å². The zero-order valence-electron chi connectivity index (χ0n) is 20.7. The first-order valence-corrected chi connectivity index (χ1v) is 12.2. The molecule has 0 aromatic heterocycles. The molecule has 2 saturated heterocycles. The molecule has 0 amide bonds. The van der Waals surface area contributed by atoms with E-state index >= 15 is 0 Å². The second-order valence-corrected chi connectivity index (χ2v) is 9.81. The fourth-order valence-electron chi connectivity index (χ4n) is 5.11. The van der Waals surface area contributed by atoms with Gasteiger partial charge in [0.2, 0.25) is 6.29 Å². The number of aliphatic hydroxyl groups excluding tert-OH is 8. The SMILES string of the molecule is COC(=O)C1=CO[C@@H](O[C@@H]2O[C@H](CO)[C@@H](O)[C@H](O)[C@H]2O)[C@H]2[C@H]1C=C[C@]2(O)CO[C@@H]1O[C@H](CO)[C@@H](O)[C@H](O)[C@H]1O. The van der Waals surface area contributed by atoms with Crippen LogP contribution in [-0.4, -0.2) is 152 Å². The summed E-state index contributed by atoms with van der Waals surface area (Å²) in [5.74, 6) is -2.85. The van der Waals surface area contributed by atoms with Crippen LogP contribution in [0.3, 0.4) is 0 Å². The van der Waals surface area contributed by atoms with Gasteiger partial charge in [0.25, 0.3) is 0 Å². The van der Waals surface area contributed by atoms with Crippen molar-refractivity contribution in [2.45, 2.75) is 73.3 Å². The lowest BCUT2D eigenvalue weighted by Crippen LogP contribution is -2.61. The second kappa shape index (κ2) is 12.0. The van der Waals surface area contributed by atoms with Crippen LogP contribution in [0.4, 0.5) is 0 Å². The number of ether oxygens (including phenoxy) is 6. The Morgan fingerprint density at radius 1 is 0.872 bits per heavy atom. The van der Waals surface area contributed by atoms with Crippen LogP contribution in [0.25, 0.3) is 0 Å². The van der Waals surface area contributed by atoms with E-state index < -0.39 is 111 Å². The predicted molar refractivity (Wildman–Crippen MR) is 121 cm³/mol. The summed E-state index contributed by atoms with van der Waals surface area (Å²) in [5, 5.41) is 91.3. The summed E-state index contributed by atoms with van der Waals surface area (Å²) in [6, 6.07) is 0. The minimum absolute atomic E-state index is 0.00355. The third-order valence-corrected chi connectivity index (χ3v) is 7.40. The lowest BCUT2D eigenvalue weighted by molar-refractivity contribution is -0.349. The highest BCUT2D eigenvalue weighted by molar-refractivity contribution is 5.89. The number of fused-ring (bicyclic) bond motifs is 1. The molecule has 16 nitrogen and oxygen atoms in total. The molecule has 0 radical (unpaired) electrons. The van der Waals surface area contributed by atoms with Crippen molar-refractivity contribution in [3.05, 3.63) is 24.0 Å². The van der Waals surface area contributed by atoms with Crippen molar-refractivity contribution in [2.24, 2.45) is 11.8 Å². The number of carbonyl (C=O) groups excluding carboxylic acids is 1. The van der Waals surface area contributed by atoms with E-state index in [1.807, 2.05) is 0 Å². The number of methoxy groups -OCH3 is 1. The van der Waals surface area contributed by atoms with Gasteiger partial charge in [-0.3, -0.25) is 0 Å². The molecule has 4 rings (SSSR count). The standard InChI is InChI=1S/C23H34O16/c1-34-19(32)9-6-35-20(39-22-18(31)16(29)14(27)11(5-25)38-22)12-8(9)2-3-23(12,33)7-36-21-17(30)15(28)13(26)10(4-24)37-21/h2-3,6,8,10-18,20-22,24-31,33H,4-5,7H2,1H3/t8-,10+,11+,12+,13+,14+,15-,16-,17+,18+,20-,21+,22-,23-/m0/s1. The van der Waals surface area contributed by atoms with Crippen molar-refractivity contribution in [2.75, 3.05) is 26.9 Å². The summed E-state index contributed by atoms with van der Waals surface area (Å²) in [4.78, 5) is 12.4. The number of rotatable bonds is 8. The Kier molecular flexibility index (Phi) is 9.29. The quantitative estimate of drug-likeness (QED) is 0.0981. The summed E-state index contributed by atoms with van der Waals surface area (Å²) in [7, 11) is 1.14. The molecule has 0 aromatic carbocycles. The molecule has 3 heterocycles. The third-order valence-electron chi connectivity index (χ3n) is 7.40. The molecule has 14 atom stereocenters. The third kappa shape index (κ3) is 5.58. The number of esters is 1. The zero-order chi connectivity index (χ0) is 28.6. The van der Waals surface area contributed by atoms with Gasteiger partial charge in [-0.15, -0.1) is 0 Å². The molecule has 0 spiro atoms. The van der Waals surface area contributed by atoms with Crippen LogP contribution in [0, 0.1) is 11.8 Å². The molecular formula is C23H34O16. The average molecular weight is 567 g/mol. The molecule has 39 heavy (non-hydrogen) atoms. The molecule has 1 aliphatic carbocycles. The number of aliphatic hydroxyl groups is 9. The topological polar surface area (TPSA) is 255 Å². The van der Waals surface area contributed by atoms with E-state index in [2.05, 4.69) is 0 Å². The van der Waals surface area contributed by atoms with Gasteiger partial charge in [-0.2, -0.15) is 0 Å². The molecule has 0 unspecified atom stereocenters. The minimum Gasteiger partial charge on any atom is -0.471 e. The summed E-state index contributed by atoms with van der Waals surface area (Å²) in [5.41, 5.74) is -2.01. The van der Waals surface area contributed by atoms with Crippen molar-refractivity contribution < 1.29 is 79.2 Å². The van der Waals surface area contributed by atoms with Crippen LogP contribution < -0.4 is 0 Å². The molecule has 16 heteroatoms. The highest BCUT2D eigenvalue weighted by Gasteiger charge is 2.56. The number of allylic oxidation sites excluding steroid dienone is 1. The van der Waals surface area contributed by atoms with Gasteiger partial charge in [0.05, 0.1) is 44.7 Å². The maximum Gasteiger partial charge on any atom is 0.337 e. The lowest BCUT2D eigenvalue weighted by atomic mass is 9.79. The zero-order valence-corrected chi connectivity index (χ0v) is 20.7. The fraction of sp³-hybridized carbons (Fsp3) is 0.783. The minimum atomic E-state index is -2.00. The number of carbonyl (C=O) groups is 1. The van der Waals surface area contributed by atoms with Crippen molar-refractivity contribution in [1.82, 2.24) is 0 Å². The Bertz CT molecular complexity index is 924. The Morgan fingerprint density at radius 2 is 1.44 bits per heavy atom. The monoisotopic (exact) mass is 566 g/mol. The Labute approximate surface area is 221 Å². The first kappa shape index (κ1) is 30.2. The van der Waals surface area contributed by atoms with E-state index in [1.54, 1.807) is 0 Å². The number of hydrogen-bond acceptors (Lipinski definition) is 16. The summed E-state index contributed by atoms with van der Waals surface area (Å²) < 4.78 is 32.3. The van der Waals surface area contributed by atoms with Crippen LogP contribution in [0.5, 0.6) is 0 Å². The van der Waals surface area contributed by atoms with Crippen molar-refractivity contribution in [3.8, 4) is 0 Å². The largest absolute Gasteiger partial charge is 0.471 e. The number of hydrogen-bond donors (Lipinski definition) is 9. The highest BCUT2D eigenvalue weighted by Crippen LogP contribution is 2.46. The fourth-order valence-corrected chi connectivity index (χ4v) is 5.11. The Hall–Kier alpha value is -1.77. The molecule has 9 N–H and O–H groups in total. The molecule has 4 aliphatic rings. The molecule has 222 valence electrons. The van der Waals surface area contributed by atoms with E-state index in [0.717, 1.165) is 13.4 Å². The van der Waals surface area contributed by atoms with E-state index in [4.69, 9.17) is 28.4 Å².